The van der Waals surface area contributed by atoms with Crippen molar-refractivity contribution in [2.75, 3.05) is 6.61 Å². The van der Waals surface area contributed by atoms with Crippen molar-refractivity contribution in [3.63, 3.8) is 0 Å². The van der Waals surface area contributed by atoms with E-state index in [1.54, 1.807) is 6.07 Å². The molecule has 114 valence electrons. The largest absolute Gasteiger partial charge is 0.481 e. The average molecular weight is 307 g/mol. The molecule has 0 saturated heterocycles. The smallest absolute Gasteiger partial charge is 0.433 e. The molecule has 0 spiro atoms. The third-order valence-corrected chi connectivity index (χ3v) is 2.37. The number of para-hydroxylation sites is 1. The number of nitrogens with one attached hydrogen (secondary N) is 1. The van der Waals surface area contributed by atoms with Gasteiger partial charge in [-0.25, -0.2) is 9.82 Å². The Kier molecular flexibility index (Phi) is 4.81. The summed E-state index contributed by atoms with van der Waals surface area (Å²) >= 11 is 0. The Balaban J connectivity index is 1.81. The van der Waals surface area contributed by atoms with Gasteiger partial charge in [-0.2, -0.15) is 5.10 Å². The van der Waals surface area contributed by atoms with Gasteiger partial charge < -0.3 is 9.15 Å². The molecule has 2 rings (SSSR count). The van der Waals surface area contributed by atoms with Crippen LogP contribution in [0.2, 0.25) is 0 Å². The van der Waals surface area contributed by atoms with Crippen molar-refractivity contribution in [2.24, 2.45) is 5.10 Å². The molecular weight excluding hydrogens is 297 g/mol. The number of rotatable bonds is 6. The van der Waals surface area contributed by atoms with Crippen LogP contribution in [0, 0.1) is 15.9 Å². The molecule has 0 atom stereocenters. The lowest BCUT2D eigenvalue weighted by Gasteiger charge is -2.05. The molecule has 1 aromatic carbocycles. The summed E-state index contributed by atoms with van der Waals surface area (Å²) in [6, 6.07) is 8.13. The Morgan fingerprint density at radius 2 is 2.18 bits per heavy atom. The highest BCUT2D eigenvalue weighted by molar-refractivity contribution is 5.81. The van der Waals surface area contributed by atoms with E-state index in [0.29, 0.717) is 0 Å². The first-order valence-electron chi connectivity index (χ1n) is 5.99. The third kappa shape index (κ3) is 4.13. The molecular formula is C13H10FN3O5. The van der Waals surface area contributed by atoms with E-state index < -0.39 is 29.1 Å². The number of carbonyl (C=O) groups excluding carboxylic acids is 1. The van der Waals surface area contributed by atoms with Gasteiger partial charge >= 0.3 is 5.88 Å². The molecule has 0 radical (unpaired) electrons. The molecule has 8 nitrogen and oxygen atoms in total. The van der Waals surface area contributed by atoms with Crippen LogP contribution in [0.15, 0.2) is 45.9 Å². The molecule has 1 amide bonds. The molecule has 22 heavy (non-hydrogen) atoms. The van der Waals surface area contributed by atoms with E-state index in [9.17, 15) is 19.3 Å². The molecule has 0 saturated carbocycles. The molecule has 0 aliphatic heterocycles. The van der Waals surface area contributed by atoms with Crippen LogP contribution in [-0.4, -0.2) is 23.7 Å². The summed E-state index contributed by atoms with van der Waals surface area (Å²) in [5, 5.41) is 13.9. The monoisotopic (exact) mass is 307 g/mol. The normalized spacial score (nSPS) is 10.6. The highest BCUT2D eigenvalue weighted by Gasteiger charge is 2.10. The van der Waals surface area contributed by atoms with Gasteiger partial charge in [0.1, 0.15) is 4.92 Å². The highest BCUT2D eigenvalue weighted by Crippen LogP contribution is 2.15. The molecule has 0 unspecified atom stereocenters. The van der Waals surface area contributed by atoms with Crippen molar-refractivity contribution in [3.05, 3.63) is 58.1 Å². The van der Waals surface area contributed by atoms with Crippen molar-refractivity contribution in [2.45, 2.75) is 0 Å². The van der Waals surface area contributed by atoms with E-state index in [1.807, 2.05) is 0 Å². The van der Waals surface area contributed by atoms with E-state index >= 15 is 0 Å². The van der Waals surface area contributed by atoms with E-state index in [4.69, 9.17) is 9.15 Å². The Labute approximate surface area is 123 Å². The summed E-state index contributed by atoms with van der Waals surface area (Å²) in [5.74, 6) is -1.59. The fourth-order valence-corrected chi connectivity index (χ4v) is 1.41. The van der Waals surface area contributed by atoms with Crippen molar-refractivity contribution < 1.29 is 23.3 Å². The highest BCUT2D eigenvalue weighted by atomic mass is 19.1. The van der Waals surface area contributed by atoms with Crippen LogP contribution in [0.3, 0.4) is 0 Å². The van der Waals surface area contributed by atoms with Crippen LogP contribution < -0.4 is 10.2 Å². The number of furan rings is 1. The number of nitrogens with zero attached hydrogens (tertiary/aromatic N) is 2. The molecule has 0 bridgehead atoms. The van der Waals surface area contributed by atoms with E-state index in [0.717, 1.165) is 12.3 Å². The van der Waals surface area contributed by atoms with Crippen LogP contribution in [0.25, 0.3) is 0 Å². The third-order valence-electron chi connectivity index (χ3n) is 2.37. The zero-order valence-corrected chi connectivity index (χ0v) is 11.1. The molecule has 1 N–H and O–H groups in total. The van der Waals surface area contributed by atoms with Crippen LogP contribution >= 0.6 is 0 Å². The topological polar surface area (TPSA) is 107 Å². The number of amides is 1. The summed E-state index contributed by atoms with van der Waals surface area (Å²) in [7, 11) is 0. The van der Waals surface area contributed by atoms with Gasteiger partial charge in [-0.05, 0) is 18.2 Å². The van der Waals surface area contributed by atoms with Crippen molar-refractivity contribution in [1.82, 2.24) is 5.43 Å². The number of benzene rings is 1. The van der Waals surface area contributed by atoms with Crippen LogP contribution in [0.5, 0.6) is 5.75 Å². The van der Waals surface area contributed by atoms with Crippen LogP contribution in [-0.2, 0) is 4.79 Å². The molecule has 2 aromatic rings. The van der Waals surface area contributed by atoms with Crippen molar-refractivity contribution >= 4 is 18.0 Å². The van der Waals surface area contributed by atoms with Gasteiger partial charge in [-0.15, -0.1) is 0 Å². The zero-order valence-electron chi connectivity index (χ0n) is 11.1. The molecule has 1 aromatic heterocycles. The van der Waals surface area contributed by atoms with Gasteiger partial charge in [0, 0.05) is 0 Å². The Hall–Kier alpha value is -3.23. The maximum atomic E-state index is 13.2. The number of hydrazone groups is 1. The second kappa shape index (κ2) is 6.97. The maximum absolute atomic E-state index is 13.2. The quantitative estimate of drug-likeness (QED) is 0.498. The van der Waals surface area contributed by atoms with E-state index in [1.165, 1.54) is 24.3 Å². The van der Waals surface area contributed by atoms with Crippen LogP contribution in [0.4, 0.5) is 10.3 Å². The Bertz CT molecular complexity index is 713. The first-order valence-corrected chi connectivity index (χ1v) is 5.99. The molecule has 0 aliphatic rings. The zero-order chi connectivity index (χ0) is 15.9. The predicted octanol–water partition coefficient (Wildman–Crippen LogP) is 1.86. The summed E-state index contributed by atoms with van der Waals surface area (Å²) in [5.41, 5.74) is 2.11. The minimum Gasteiger partial charge on any atom is -0.481 e. The SMILES string of the molecule is O=C(COc1ccccc1F)N/N=C\c1ccc([N+](=O)[O-])o1. The number of halogens is 1. The van der Waals surface area contributed by atoms with E-state index in [-0.39, 0.29) is 11.5 Å². The van der Waals surface area contributed by atoms with Gasteiger partial charge in [0.25, 0.3) is 5.91 Å². The fourth-order valence-electron chi connectivity index (χ4n) is 1.41. The summed E-state index contributed by atoms with van der Waals surface area (Å²) in [4.78, 5) is 21.1. The lowest BCUT2D eigenvalue weighted by molar-refractivity contribution is -0.402. The van der Waals surface area contributed by atoms with E-state index in [2.05, 4.69) is 10.5 Å². The first kappa shape index (κ1) is 15.2. The molecule has 0 fully saturated rings. The maximum Gasteiger partial charge on any atom is 0.433 e. The van der Waals surface area contributed by atoms with Crippen LogP contribution in [0.1, 0.15) is 5.76 Å². The first-order chi connectivity index (χ1) is 10.6. The van der Waals surface area contributed by atoms with Crippen molar-refractivity contribution in [3.8, 4) is 5.75 Å². The lowest BCUT2D eigenvalue weighted by Crippen LogP contribution is -2.24. The summed E-state index contributed by atoms with van der Waals surface area (Å²) in [6.07, 6.45) is 1.09. The van der Waals surface area contributed by atoms with Gasteiger partial charge in [0.2, 0.25) is 0 Å². The number of hydrogen-bond donors (Lipinski definition) is 1. The standard InChI is InChI=1S/C13H10FN3O5/c14-10-3-1-2-4-11(10)21-8-12(18)16-15-7-9-5-6-13(22-9)17(19)20/h1-7H,8H2,(H,16,18)/b15-7-. The predicted molar refractivity (Wildman–Crippen MR) is 73.0 cm³/mol. The summed E-state index contributed by atoms with van der Waals surface area (Å²) in [6.45, 7) is -0.434. The minimum atomic E-state index is -0.696. The van der Waals surface area contributed by atoms with Gasteiger partial charge in [0.15, 0.2) is 23.9 Å². The lowest BCUT2D eigenvalue weighted by atomic mass is 10.3. The second-order valence-corrected chi connectivity index (χ2v) is 3.95. The Morgan fingerprint density at radius 3 is 2.86 bits per heavy atom. The number of nitro groups is 1. The minimum absolute atomic E-state index is 0.0525. The number of carbonyl (C=O) groups is 1. The van der Waals surface area contributed by atoms with Gasteiger partial charge in [-0.3, -0.25) is 14.9 Å². The van der Waals surface area contributed by atoms with Gasteiger partial charge in [-0.1, -0.05) is 12.1 Å². The van der Waals surface area contributed by atoms with Gasteiger partial charge in [0.05, 0.1) is 12.3 Å². The molecule has 0 aliphatic carbocycles. The fraction of sp³-hybridized carbons (Fsp3) is 0.0769. The second-order valence-electron chi connectivity index (χ2n) is 3.95. The Morgan fingerprint density at radius 1 is 1.41 bits per heavy atom. The molecule has 1 heterocycles. The summed E-state index contributed by atoms with van der Waals surface area (Å²) < 4.78 is 23.0. The molecule has 9 heteroatoms. The number of ether oxygens (including phenoxy) is 1. The van der Waals surface area contributed by atoms with Crippen molar-refractivity contribution in [1.29, 1.82) is 0 Å². The average Bonchev–Trinajstić information content (AvgIpc) is 2.95. The number of hydrogen-bond acceptors (Lipinski definition) is 6.